The van der Waals surface area contributed by atoms with E-state index in [1.165, 1.54) is 22.9 Å². The lowest BCUT2D eigenvalue weighted by Crippen LogP contribution is -2.38. The molecule has 3 aliphatic rings. The molecule has 3 aromatic rings. The van der Waals surface area contributed by atoms with Gasteiger partial charge in [0.05, 0.1) is 17.9 Å². The molecule has 7 nitrogen and oxygen atoms in total. The number of ether oxygens (including phenoxy) is 2. The van der Waals surface area contributed by atoms with Crippen molar-refractivity contribution in [3.05, 3.63) is 59.5 Å². The molecule has 2 aliphatic carbocycles. The van der Waals surface area contributed by atoms with Crippen LogP contribution in [0.15, 0.2) is 42.6 Å². The van der Waals surface area contributed by atoms with E-state index >= 15 is 8.78 Å². The van der Waals surface area contributed by atoms with E-state index in [2.05, 4.69) is 4.98 Å². The number of hydrogen-bond acceptors (Lipinski definition) is 5. The Morgan fingerprint density at radius 3 is 2.14 bits per heavy atom. The number of likely N-dealkylation sites (tertiary alicyclic amines) is 1. The molecule has 1 saturated carbocycles. The number of aromatic nitrogens is 2. The number of carbonyl (C=O) groups excluding carboxylic acids is 2. The summed E-state index contributed by atoms with van der Waals surface area (Å²) in [6.45, 7) is 11.2. The lowest BCUT2D eigenvalue weighted by atomic mass is 9.91. The van der Waals surface area contributed by atoms with E-state index in [0.29, 0.717) is 41.2 Å². The average Bonchev–Trinajstić information content (AvgIpc) is 3.22. The quantitative estimate of drug-likeness (QED) is 0.342. The van der Waals surface area contributed by atoms with Crippen molar-refractivity contribution in [3.8, 4) is 22.4 Å². The van der Waals surface area contributed by atoms with Crippen LogP contribution in [0.3, 0.4) is 0 Å². The van der Waals surface area contributed by atoms with E-state index in [4.69, 9.17) is 9.47 Å². The second-order valence-corrected chi connectivity index (χ2v) is 14.0. The minimum Gasteiger partial charge on any atom is -0.444 e. The van der Waals surface area contributed by atoms with E-state index in [1.54, 1.807) is 51.7 Å². The van der Waals surface area contributed by atoms with Crippen LogP contribution in [0.5, 0.6) is 0 Å². The number of fused-ring (bicyclic) bond motifs is 3. The second-order valence-electron chi connectivity index (χ2n) is 14.0. The molecule has 0 bridgehead atoms. The molecule has 6 rings (SSSR count). The Labute approximate surface area is 245 Å². The number of halogens is 2. The zero-order chi connectivity index (χ0) is 30.4. The molecule has 220 valence electrons. The standard InChI is InChI=1S/C32H36BF2N3O4/c1-29(2,3)41-27(39)37-17-31(11-12-31)15-24(37)26-36-16-25(38(26)28(40)42-30(4,5)6)18-7-9-20-21-10-8-19(33)14-23(21)32(34,35)22(20)13-18/h7-10,13-14,16,24H,11-12,15,17,33H2,1-6H3/t24-/m0/s1. The van der Waals surface area contributed by atoms with Gasteiger partial charge in [-0.3, -0.25) is 4.90 Å². The van der Waals surface area contributed by atoms with Crippen molar-refractivity contribution >= 4 is 25.5 Å². The molecule has 0 unspecified atom stereocenters. The molecule has 1 spiro atoms. The van der Waals surface area contributed by atoms with Gasteiger partial charge in [-0.25, -0.2) is 19.1 Å². The third-order valence-corrected chi connectivity index (χ3v) is 8.21. The Balaban J connectivity index is 1.46. The normalized spacial score (nSPS) is 19.9. The fraction of sp³-hybridized carbons (Fsp3) is 0.469. The monoisotopic (exact) mass is 575 g/mol. The fourth-order valence-electron chi connectivity index (χ4n) is 6.14. The lowest BCUT2D eigenvalue weighted by molar-refractivity contribution is 0.0201. The van der Waals surface area contributed by atoms with Crippen LogP contribution < -0.4 is 5.46 Å². The zero-order valence-electron chi connectivity index (χ0n) is 25.2. The molecule has 1 aliphatic heterocycles. The number of nitrogens with zero attached hydrogens (tertiary/aromatic N) is 3. The first-order valence-corrected chi connectivity index (χ1v) is 14.4. The molecular formula is C32H36BF2N3O4. The number of amides is 1. The molecule has 0 radical (unpaired) electrons. The van der Waals surface area contributed by atoms with E-state index in [1.807, 2.05) is 26.8 Å². The van der Waals surface area contributed by atoms with Crippen LogP contribution >= 0.6 is 0 Å². The Hall–Kier alpha value is -3.69. The highest BCUT2D eigenvalue weighted by atomic mass is 19.3. The summed E-state index contributed by atoms with van der Waals surface area (Å²) in [4.78, 5) is 33.4. The predicted octanol–water partition coefficient (Wildman–Crippen LogP) is 6.17. The van der Waals surface area contributed by atoms with Crippen LogP contribution in [0.2, 0.25) is 0 Å². The molecule has 10 heteroatoms. The minimum atomic E-state index is -3.19. The van der Waals surface area contributed by atoms with Crippen molar-refractivity contribution in [3.63, 3.8) is 0 Å². The van der Waals surface area contributed by atoms with Gasteiger partial charge in [0.2, 0.25) is 0 Å². The highest BCUT2D eigenvalue weighted by Crippen LogP contribution is 2.59. The molecule has 0 N–H and O–H groups in total. The molecule has 2 aromatic carbocycles. The van der Waals surface area contributed by atoms with Crippen molar-refractivity contribution in [2.75, 3.05) is 6.54 Å². The van der Waals surface area contributed by atoms with E-state index in [0.717, 1.165) is 18.3 Å². The first-order chi connectivity index (χ1) is 19.5. The van der Waals surface area contributed by atoms with Crippen LogP contribution in [0.25, 0.3) is 22.4 Å². The van der Waals surface area contributed by atoms with Crippen LogP contribution in [0, 0.1) is 5.41 Å². The number of rotatable bonds is 2. The third kappa shape index (κ3) is 4.88. The Morgan fingerprint density at radius 2 is 1.52 bits per heavy atom. The van der Waals surface area contributed by atoms with Gasteiger partial charge in [-0.05, 0) is 83.4 Å². The highest BCUT2D eigenvalue weighted by Gasteiger charge is 2.56. The van der Waals surface area contributed by atoms with Gasteiger partial charge in [0, 0.05) is 23.2 Å². The Bertz CT molecular complexity index is 1610. The lowest BCUT2D eigenvalue weighted by Gasteiger charge is -2.29. The van der Waals surface area contributed by atoms with Crippen molar-refractivity contribution in [2.24, 2.45) is 5.41 Å². The Kier molecular flexibility index (Phi) is 6.20. The molecule has 2 heterocycles. The van der Waals surface area contributed by atoms with E-state index < -0.39 is 35.4 Å². The van der Waals surface area contributed by atoms with Gasteiger partial charge in [0.15, 0.2) is 0 Å². The van der Waals surface area contributed by atoms with Crippen LogP contribution in [-0.4, -0.2) is 52.2 Å². The van der Waals surface area contributed by atoms with Gasteiger partial charge in [0.25, 0.3) is 5.92 Å². The maximum absolute atomic E-state index is 15.7. The van der Waals surface area contributed by atoms with Crippen molar-refractivity contribution in [1.29, 1.82) is 0 Å². The third-order valence-electron chi connectivity index (χ3n) is 8.21. The summed E-state index contributed by atoms with van der Waals surface area (Å²) in [5, 5.41) is 0. The zero-order valence-corrected chi connectivity index (χ0v) is 25.2. The topological polar surface area (TPSA) is 73.7 Å². The van der Waals surface area contributed by atoms with Gasteiger partial charge in [0.1, 0.15) is 24.9 Å². The van der Waals surface area contributed by atoms with Crippen molar-refractivity contribution < 1.29 is 27.8 Å². The van der Waals surface area contributed by atoms with E-state index in [9.17, 15) is 9.59 Å². The summed E-state index contributed by atoms with van der Waals surface area (Å²) in [7, 11) is 1.79. The summed E-state index contributed by atoms with van der Waals surface area (Å²) < 4.78 is 44.3. The Morgan fingerprint density at radius 1 is 0.929 bits per heavy atom. The summed E-state index contributed by atoms with van der Waals surface area (Å²) in [6.07, 6.45) is 2.93. The van der Waals surface area contributed by atoms with Crippen LogP contribution in [0.1, 0.15) is 83.8 Å². The van der Waals surface area contributed by atoms with Gasteiger partial charge in [-0.1, -0.05) is 35.8 Å². The summed E-state index contributed by atoms with van der Waals surface area (Å²) >= 11 is 0. The van der Waals surface area contributed by atoms with E-state index in [-0.39, 0.29) is 16.5 Å². The van der Waals surface area contributed by atoms with Crippen LogP contribution in [0.4, 0.5) is 18.4 Å². The number of imidazole rings is 1. The molecule has 1 atom stereocenters. The average molecular weight is 575 g/mol. The number of alkyl halides is 2. The van der Waals surface area contributed by atoms with Crippen molar-refractivity contribution in [2.45, 2.75) is 84.0 Å². The van der Waals surface area contributed by atoms with Gasteiger partial charge >= 0.3 is 12.2 Å². The second kappa shape index (κ2) is 9.16. The van der Waals surface area contributed by atoms with Crippen LogP contribution in [-0.2, 0) is 15.4 Å². The minimum absolute atomic E-state index is 0.0234. The largest absolute Gasteiger partial charge is 0.444 e. The molecule has 1 aromatic heterocycles. The highest BCUT2D eigenvalue weighted by molar-refractivity contribution is 6.32. The first kappa shape index (κ1) is 28.4. The maximum Gasteiger partial charge on any atom is 0.420 e. The number of benzene rings is 2. The van der Waals surface area contributed by atoms with Gasteiger partial charge in [-0.15, -0.1) is 0 Å². The molecule has 1 amide bonds. The first-order valence-electron chi connectivity index (χ1n) is 14.4. The predicted molar refractivity (Wildman–Crippen MR) is 158 cm³/mol. The van der Waals surface area contributed by atoms with Gasteiger partial charge < -0.3 is 9.47 Å². The SMILES string of the molecule is Bc1ccc2c(c1)C(F)(F)c1cc(-c3cnc([C@@H]4CC5(CC5)CN4C(=O)OC(C)(C)C)n3C(=O)OC(C)(C)C)ccc1-2. The number of hydrogen-bond donors (Lipinski definition) is 0. The molecule has 1 saturated heterocycles. The summed E-state index contributed by atoms with van der Waals surface area (Å²) in [6, 6.07) is 9.39. The molecule has 2 fully saturated rings. The summed E-state index contributed by atoms with van der Waals surface area (Å²) in [5.41, 5.74) is 0.761. The number of carbonyl (C=O) groups is 2. The maximum atomic E-state index is 15.7. The smallest absolute Gasteiger partial charge is 0.420 e. The fourth-order valence-corrected chi connectivity index (χ4v) is 6.14. The summed E-state index contributed by atoms with van der Waals surface area (Å²) in [5.74, 6) is -2.86. The molecular weight excluding hydrogens is 539 g/mol. The van der Waals surface area contributed by atoms with Crippen molar-refractivity contribution in [1.82, 2.24) is 14.5 Å². The molecule has 42 heavy (non-hydrogen) atoms. The van der Waals surface area contributed by atoms with Gasteiger partial charge in [-0.2, -0.15) is 8.78 Å².